The standard InChI is InChI=1S/C12H17N3O3/c1-7-4-3-5-9(11(7)16)12(17)14-8(2)6-10(13)15-18/h3-5,8,16,18H,6H2,1-2H3,(H2,13,15)(H,14,17). The van der Waals surface area contributed by atoms with Gasteiger partial charge in [-0.2, -0.15) is 0 Å². The Balaban J connectivity index is 2.74. The summed E-state index contributed by atoms with van der Waals surface area (Å²) in [5.74, 6) is -0.392. The maximum Gasteiger partial charge on any atom is 0.255 e. The van der Waals surface area contributed by atoms with Gasteiger partial charge in [0.25, 0.3) is 5.91 Å². The normalized spacial score (nSPS) is 13.1. The van der Waals surface area contributed by atoms with Gasteiger partial charge in [0, 0.05) is 12.5 Å². The number of para-hydroxylation sites is 1. The van der Waals surface area contributed by atoms with Crippen molar-refractivity contribution in [2.75, 3.05) is 0 Å². The number of oxime groups is 1. The number of carbonyl (C=O) groups is 1. The average molecular weight is 251 g/mol. The van der Waals surface area contributed by atoms with E-state index in [1.165, 1.54) is 6.07 Å². The summed E-state index contributed by atoms with van der Waals surface area (Å²) in [5, 5.41) is 23.7. The SMILES string of the molecule is Cc1cccc(C(=O)NC(C)CC(N)=NO)c1O. The molecule has 1 atom stereocenters. The summed E-state index contributed by atoms with van der Waals surface area (Å²) in [6.45, 7) is 3.44. The van der Waals surface area contributed by atoms with Crippen LogP contribution < -0.4 is 11.1 Å². The Morgan fingerprint density at radius 3 is 2.83 bits per heavy atom. The van der Waals surface area contributed by atoms with Crippen LogP contribution in [-0.2, 0) is 0 Å². The van der Waals surface area contributed by atoms with E-state index >= 15 is 0 Å². The Bertz CT molecular complexity index is 472. The molecule has 1 amide bonds. The van der Waals surface area contributed by atoms with Crippen LogP contribution in [0, 0.1) is 6.92 Å². The van der Waals surface area contributed by atoms with Gasteiger partial charge in [-0.3, -0.25) is 4.79 Å². The number of amides is 1. The third-order valence-corrected chi connectivity index (χ3v) is 2.50. The molecule has 1 unspecified atom stereocenters. The summed E-state index contributed by atoms with van der Waals surface area (Å²) in [5.41, 5.74) is 6.18. The van der Waals surface area contributed by atoms with Crippen molar-refractivity contribution in [2.24, 2.45) is 10.9 Å². The number of aryl methyl sites for hydroxylation is 1. The molecule has 0 fully saturated rings. The van der Waals surface area contributed by atoms with E-state index in [4.69, 9.17) is 10.9 Å². The van der Waals surface area contributed by atoms with Gasteiger partial charge in [-0.15, -0.1) is 0 Å². The molecule has 0 aromatic heterocycles. The number of phenols is 1. The number of phenolic OH excluding ortho intramolecular Hbond substituents is 1. The molecule has 1 rings (SSSR count). The van der Waals surface area contributed by atoms with E-state index in [0.717, 1.165) is 0 Å². The maximum absolute atomic E-state index is 11.9. The fourth-order valence-corrected chi connectivity index (χ4v) is 1.55. The van der Waals surface area contributed by atoms with Crippen molar-refractivity contribution in [3.05, 3.63) is 29.3 Å². The summed E-state index contributed by atoms with van der Waals surface area (Å²) in [6, 6.07) is 4.64. The Hall–Kier alpha value is -2.24. The highest BCUT2D eigenvalue weighted by Crippen LogP contribution is 2.21. The van der Waals surface area contributed by atoms with Crippen molar-refractivity contribution >= 4 is 11.7 Å². The van der Waals surface area contributed by atoms with Crippen LogP contribution in [-0.4, -0.2) is 28.1 Å². The van der Waals surface area contributed by atoms with Gasteiger partial charge in [0.1, 0.15) is 11.6 Å². The zero-order valence-corrected chi connectivity index (χ0v) is 10.3. The van der Waals surface area contributed by atoms with E-state index in [-0.39, 0.29) is 29.6 Å². The van der Waals surface area contributed by atoms with E-state index in [2.05, 4.69) is 10.5 Å². The molecule has 18 heavy (non-hydrogen) atoms. The lowest BCUT2D eigenvalue weighted by Gasteiger charge is -2.14. The molecule has 0 radical (unpaired) electrons. The highest BCUT2D eigenvalue weighted by atomic mass is 16.4. The minimum atomic E-state index is -0.394. The molecule has 0 aliphatic rings. The van der Waals surface area contributed by atoms with Gasteiger partial charge >= 0.3 is 0 Å². The average Bonchev–Trinajstić information content (AvgIpc) is 2.32. The summed E-state index contributed by atoms with van der Waals surface area (Å²) >= 11 is 0. The van der Waals surface area contributed by atoms with Crippen molar-refractivity contribution in [2.45, 2.75) is 26.3 Å². The Kier molecular flexibility index (Phi) is 4.53. The highest BCUT2D eigenvalue weighted by Gasteiger charge is 2.15. The van der Waals surface area contributed by atoms with Crippen molar-refractivity contribution in [3.63, 3.8) is 0 Å². The smallest absolute Gasteiger partial charge is 0.255 e. The number of nitrogens with zero attached hydrogens (tertiary/aromatic N) is 1. The second-order valence-corrected chi connectivity index (χ2v) is 4.14. The Labute approximate surface area is 105 Å². The number of nitrogens with one attached hydrogen (secondary N) is 1. The molecule has 0 spiro atoms. The zero-order chi connectivity index (χ0) is 13.7. The molecule has 0 aliphatic carbocycles. The van der Waals surface area contributed by atoms with Gasteiger partial charge in [0.15, 0.2) is 0 Å². The van der Waals surface area contributed by atoms with Crippen LogP contribution >= 0.6 is 0 Å². The predicted octanol–water partition coefficient (Wildman–Crippen LogP) is 0.955. The second kappa shape index (κ2) is 5.90. The number of amidine groups is 1. The first-order valence-corrected chi connectivity index (χ1v) is 5.51. The lowest BCUT2D eigenvalue weighted by Crippen LogP contribution is -2.35. The summed E-state index contributed by atoms with van der Waals surface area (Å²) in [4.78, 5) is 11.9. The van der Waals surface area contributed by atoms with Gasteiger partial charge in [0.05, 0.1) is 5.56 Å². The van der Waals surface area contributed by atoms with Crippen LogP contribution in [0.5, 0.6) is 5.75 Å². The summed E-state index contributed by atoms with van der Waals surface area (Å²) in [6.07, 6.45) is 0.231. The van der Waals surface area contributed by atoms with Crippen LogP contribution in [0.1, 0.15) is 29.3 Å². The molecule has 0 bridgehead atoms. The Morgan fingerprint density at radius 1 is 1.56 bits per heavy atom. The summed E-state index contributed by atoms with van der Waals surface area (Å²) in [7, 11) is 0. The molecule has 0 heterocycles. The van der Waals surface area contributed by atoms with E-state index in [9.17, 15) is 9.90 Å². The van der Waals surface area contributed by atoms with E-state index < -0.39 is 5.91 Å². The quantitative estimate of drug-likeness (QED) is 0.276. The number of benzene rings is 1. The molecule has 1 aromatic rings. The second-order valence-electron chi connectivity index (χ2n) is 4.14. The van der Waals surface area contributed by atoms with Crippen LogP contribution in [0.2, 0.25) is 0 Å². The molecule has 0 saturated heterocycles. The van der Waals surface area contributed by atoms with Crippen LogP contribution in [0.25, 0.3) is 0 Å². The van der Waals surface area contributed by atoms with Crippen molar-refractivity contribution in [1.82, 2.24) is 5.32 Å². The molecule has 6 heteroatoms. The molecule has 0 saturated carbocycles. The molecule has 5 N–H and O–H groups in total. The third kappa shape index (κ3) is 3.38. The number of rotatable bonds is 4. The topological polar surface area (TPSA) is 108 Å². The number of aromatic hydroxyl groups is 1. The fraction of sp³-hybridized carbons (Fsp3) is 0.333. The molecule has 98 valence electrons. The lowest BCUT2D eigenvalue weighted by atomic mass is 10.1. The minimum absolute atomic E-state index is 0.0361. The van der Waals surface area contributed by atoms with Gasteiger partial charge in [-0.05, 0) is 25.5 Å². The van der Waals surface area contributed by atoms with E-state index in [1.807, 2.05) is 0 Å². The molecule has 1 aromatic carbocycles. The lowest BCUT2D eigenvalue weighted by molar-refractivity contribution is 0.0938. The first kappa shape index (κ1) is 13.8. The van der Waals surface area contributed by atoms with Crippen molar-refractivity contribution in [3.8, 4) is 5.75 Å². The molecule has 0 aliphatic heterocycles. The van der Waals surface area contributed by atoms with Gasteiger partial charge in [-0.1, -0.05) is 17.3 Å². The monoisotopic (exact) mass is 251 g/mol. The number of hydrogen-bond acceptors (Lipinski definition) is 4. The molecule has 6 nitrogen and oxygen atoms in total. The van der Waals surface area contributed by atoms with Crippen molar-refractivity contribution < 1.29 is 15.1 Å². The van der Waals surface area contributed by atoms with E-state index in [0.29, 0.717) is 5.56 Å². The van der Waals surface area contributed by atoms with Gasteiger partial charge < -0.3 is 21.4 Å². The largest absolute Gasteiger partial charge is 0.507 e. The predicted molar refractivity (Wildman–Crippen MR) is 67.8 cm³/mol. The van der Waals surface area contributed by atoms with E-state index in [1.54, 1.807) is 26.0 Å². The molecular weight excluding hydrogens is 234 g/mol. The van der Waals surface area contributed by atoms with Gasteiger partial charge in [0.2, 0.25) is 0 Å². The summed E-state index contributed by atoms with van der Waals surface area (Å²) < 4.78 is 0. The highest BCUT2D eigenvalue weighted by molar-refractivity contribution is 5.97. The minimum Gasteiger partial charge on any atom is -0.507 e. The van der Waals surface area contributed by atoms with Crippen LogP contribution in [0.15, 0.2) is 23.4 Å². The number of carbonyl (C=O) groups excluding carboxylic acids is 1. The van der Waals surface area contributed by atoms with Crippen molar-refractivity contribution in [1.29, 1.82) is 0 Å². The first-order valence-electron chi connectivity index (χ1n) is 5.51. The number of hydrogen-bond donors (Lipinski definition) is 4. The maximum atomic E-state index is 11.9. The van der Waals surface area contributed by atoms with Crippen LogP contribution in [0.3, 0.4) is 0 Å². The van der Waals surface area contributed by atoms with Crippen LogP contribution in [0.4, 0.5) is 0 Å². The fourth-order valence-electron chi connectivity index (χ4n) is 1.55. The number of nitrogens with two attached hydrogens (primary N) is 1. The molecular formula is C12H17N3O3. The third-order valence-electron chi connectivity index (χ3n) is 2.50. The Morgan fingerprint density at radius 2 is 2.22 bits per heavy atom. The zero-order valence-electron chi connectivity index (χ0n) is 10.3. The first-order chi connectivity index (χ1) is 8.45. The van der Waals surface area contributed by atoms with Gasteiger partial charge in [-0.25, -0.2) is 0 Å².